The van der Waals surface area contributed by atoms with Crippen molar-refractivity contribution in [2.45, 2.75) is 13.8 Å². The van der Waals surface area contributed by atoms with Gasteiger partial charge in [0.05, 0.1) is 11.4 Å². The van der Waals surface area contributed by atoms with E-state index in [9.17, 15) is 14.0 Å². The second-order valence-electron chi connectivity index (χ2n) is 6.78. The van der Waals surface area contributed by atoms with E-state index in [1.807, 2.05) is 11.8 Å². The fraction of sp³-hybridized carbons (Fsp3) is 0.350. The van der Waals surface area contributed by atoms with Crippen LogP contribution in [0.3, 0.4) is 0 Å². The number of aryl methyl sites for hydroxylation is 2. The van der Waals surface area contributed by atoms with Crippen molar-refractivity contribution in [1.82, 2.24) is 14.7 Å². The Bertz CT molecular complexity index is 946. The minimum Gasteiger partial charge on any atom is -0.366 e. The van der Waals surface area contributed by atoms with Crippen molar-refractivity contribution in [1.29, 1.82) is 0 Å². The summed E-state index contributed by atoms with van der Waals surface area (Å²) in [4.78, 5) is 27.4. The maximum atomic E-state index is 14.3. The second-order valence-corrected chi connectivity index (χ2v) is 7.14. The van der Waals surface area contributed by atoms with Crippen LogP contribution in [0.5, 0.6) is 0 Å². The van der Waals surface area contributed by atoms with E-state index in [1.165, 1.54) is 19.1 Å². The van der Waals surface area contributed by atoms with Gasteiger partial charge in [0, 0.05) is 50.4 Å². The number of amides is 1. The molecule has 6 nitrogen and oxygen atoms in total. The SMILES string of the molecule is CC(=O)c1ccc(N2CCN(C(=O)/C=C/c3c(C)nn(C)c3Cl)CC2)c(F)c1. The van der Waals surface area contributed by atoms with Crippen LogP contribution >= 0.6 is 11.6 Å². The summed E-state index contributed by atoms with van der Waals surface area (Å²) in [6.07, 6.45) is 3.17. The van der Waals surface area contributed by atoms with Gasteiger partial charge in [-0.2, -0.15) is 5.10 Å². The second kappa shape index (κ2) is 8.14. The first-order valence-corrected chi connectivity index (χ1v) is 9.37. The third-order valence-electron chi connectivity index (χ3n) is 4.87. The molecule has 1 aliphatic rings. The smallest absolute Gasteiger partial charge is 0.246 e. The summed E-state index contributed by atoms with van der Waals surface area (Å²) in [6.45, 7) is 5.24. The largest absolute Gasteiger partial charge is 0.366 e. The topological polar surface area (TPSA) is 58.4 Å². The number of carbonyl (C=O) groups excluding carboxylic acids is 2. The summed E-state index contributed by atoms with van der Waals surface area (Å²) in [6, 6.07) is 4.51. The van der Waals surface area contributed by atoms with Gasteiger partial charge in [0.1, 0.15) is 11.0 Å². The molecule has 0 bridgehead atoms. The standard InChI is InChI=1S/C20H22ClFN4O2/c1-13-16(20(21)24(3)23-13)5-7-19(28)26-10-8-25(9-11-26)18-6-4-15(14(2)27)12-17(18)22/h4-7,12H,8-11H2,1-3H3/b7-5+. The number of Topliss-reactive ketones (excluding diaryl/α,β-unsaturated/α-hetero) is 1. The highest BCUT2D eigenvalue weighted by Crippen LogP contribution is 2.23. The maximum absolute atomic E-state index is 14.3. The van der Waals surface area contributed by atoms with Crippen LogP contribution < -0.4 is 4.90 Å². The average molecular weight is 405 g/mol. The Morgan fingerprint density at radius 3 is 2.43 bits per heavy atom. The van der Waals surface area contributed by atoms with Crippen LogP contribution in [0.4, 0.5) is 10.1 Å². The first kappa shape index (κ1) is 20.1. The lowest BCUT2D eigenvalue weighted by atomic mass is 10.1. The minimum absolute atomic E-state index is 0.119. The lowest BCUT2D eigenvalue weighted by molar-refractivity contribution is -0.126. The number of ketones is 1. The molecule has 2 heterocycles. The van der Waals surface area contributed by atoms with Crippen molar-refractivity contribution in [2.75, 3.05) is 31.1 Å². The summed E-state index contributed by atoms with van der Waals surface area (Å²) in [5.41, 5.74) is 2.28. The van der Waals surface area contributed by atoms with E-state index in [0.717, 1.165) is 11.3 Å². The highest BCUT2D eigenvalue weighted by molar-refractivity contribution is 6.31. The third kappa shape index (κ3) is 4.09. The monoisotopic (exact) mass is 404 g/mol. The lowest BCUT2D eigenvalue weighted by Crippen LogP contribution is -2.48. The molecule has 0 unspecified atom stereocenters. The van der Waals surface area contributed by atoms with Crippen molar-refractivity contribution in [3.05, 3.63) is 52.1 Å². The van der Waals surface area contributed by atoms with E-state index in [-0.39, 0.29) is 11.7 Å². The number of aromatic nitrogens is 2. The van der Waals surface area contributed by atoms with Crippen LogP contribution in [0, 0.1) is 12.7 Å². The molecule has 1 aromatic carbocycles. The highest BCUT2D eigenvalue weighted by atomic mass is 35.5. The summed E-state index contributed by atoms with van der Waals surface area (Å²) in [7, 11) is 1.75. The van der Waals surface area contributed by atoms with Gasteiger partial charge >= 0.3 is 0 Å². The van der Waals surface area contributed by atoms with Crippen molar-refractivity contribution in [3.63, 3.8) is 0 Å². The Kier molecular flexibility index (Phi) is 5.84. The van der Waals surface area contributed by atoms with Crippen LogP contribution in [0.1, 0.15) is 28.5 Å². The molecule has 0 spiro atoms. The molecule has 0 aliphatic carbocycles. The zero-order valence-electron chi connectivity index (χ0n) is 16.1. The van der Waals surface area contributed by atoms with E-state index in [2.05, 4.69) is 5.10 Å². The number of carbonyl (C=O) groups is 2. The minimum atomic E-state index is -0.422. The zero-order chi connectivity index (χ0) is 20.4. The molecule has 3 rings (SSSR count). The first-order chi connectivity index (χ1) is 13.3. The van der Waals surface area contributed by atoms with Crippen molar-refractivity contribution in [3.8, 4) is 0 Å². The maximum Gasteiger partial charge on any atom is 0.246 e. The molecule has 148 valence electrons. The van der Waals surface area contributed by atoms with Gasteiger partial charge in [0.15, 0.2) is 5.78 Å². The fourth-order valence-corrected chi connectivity index (χ4v) is 3.48. The van der Waals surface area contributed by atoms with Crippen molar-refractivity contribution < 1.29 is 14.0 Å². The number of nitrogens with zero attached hydrogens (tertiary/aromatic N) is 4. The van der Waals surface area contributed by atoms with Gasteiger partial charge in [0.2, 0.25) is 5.91 Å². The summed E-state index contributed by atoms with van der Waals surface area (Å²) in [5.74, 6) is -0.711. The van der Waals surface area contributed by atoms with Gasteiger partial charge in [-0.15, -0.1) is 0 Å². The van der Waals surface area contributed by atoms with Gasteiger partial charge in [-0.05, 0) is 38.1 Å². The highest BCUT2D eigenvalue weighted by Gasteiger charge is 2.22. The number of hydrogen-bond donors (Lipinski definition) is 0. The van der Waals surface area contributed by atoms with Gasteiger partial charge in [-0.25, -0.2) is 4.39 Å². The molecular formula is C20H22ClFN4O2. The number of piperazine rings is 1. The third-order valence-corrected chi connectivity index (χ3v) is 5.32. The van der Waals surface area contributed by atoms with E-state index in [4.69, 9.17) is 11.6 Å². The van der Waals surface area contributed by atoms with Crippen molar-refractivity contribution >= 4 is 35.1 Å². The van der Waals surface area contributed by atoms with Gasteiger partial charge < -0.3 is 9.80 Å². The number of rotatable bonds is 4. The van der Waals surface area contributed by atoms with Crippen LogP contribution in [0.15, 0.2) is 24.3 Å². The molecule has 8 heteroatoms. The molecular weight excluding hydrogens is 383 g/mol. The average Bonchev–Trinajstić information content (AvgIpc) is 2.91. The fourth-order valence-electron chi connectivity index (χ4n) is 3.25. The number of anilines is 1. The number of hydrogen-bond acceptors (Lipinski definition) is 4. The van der Waals surface area contributed by atoms with Gasteiger partial charge in [-0.1, -0.05) is 11.6 Å². The van der Waals surface area contributed by atoms with Crippen molar-refractivity contribution in [2.24, 2.45) is 7.05 Å². The molecule has 1 amide bonds. The Morgan fingerprint density at radius 1 is 1.21 bits per heavy atom. The Hall–Kier alpha value is -2.67. The molecule has 1 saturated heterocycles. The summed E-state index contributed by atoms with van der Waals surface area (Å²) >= 11 is 6.18. The van der Waals surface area contributed by atoms with Gasteiger partial charge in [-0.3, -0.25) is 14.3 Å². The Labute approximate surface area is 168 Å². The Morgan fingerprint density at radius 2 is 1.89 bits per heavy atom. The molecule has 0 radical (unpaired) electrons. The predicted molar refractivity (Wildman–Crippen MR) is 107 cm³/mol. The molecule has 0 saturated carbocycles. The molecule has 1 fully saturated rings. The summed E-state index contributed by atoms with van der Waals surface area (Å²) in [5, 5.41) is 4.70. The normalized spacial score (nSPS) is 14.8. The molecule has 2 aromatic rings. The van der Waals surface area contributed by atoms with Crippen LogP contribution in [-0.4, -0.2) is 52.5 Å². The Balaban J connectivity index is 1.63. The van der Waals surface area contributed by atoms with E-state index < -0.39 is 5.82 Å². The molecule has 1 aromatic heterocycles. The van der Waals surface area contributed by atoms with Crippen LogP contribution in [0.25, 0.3) is 6.08 Å². The first-order valence-electron chi connectivity index (χ1n) is 8.99. The predicted octanol–water partition coefficient (Wildman–Crippen LogP) is 3.09. The van der Waals surface area contributed by atoms with E-state index >= 15 is 0 Å². The molecule has 0 atom stereocenters. The quantitative estimate of drug-likeness (QED) is 0.580. The summed E-state index contributed by atoms with van der Waals surface area (Å²) < 4.78 is 15.9. The number of halogens is 2. The molecule has 28 heavy (non-hydrogen) atoms. The van der Waals surface area contributed by atoms with Crippen LogP contribution in [-0.2, 0) is 11.8 Å². The van der Waals surface area contributed by atoms with Gasteiger partial charge in [0.25, 0.3) is 0 Å². The van der Waals surface area contributed by atoms with E-state index in [1.54, 1.807) is 34.8 Å². The van der Waals surface area contributed by atoms with E-state index in [0.29, 0.717) is 42.6 Å². The molecule has 0 N–H and O–H groups in total. The van der Waals surface area contributed by atoms with Crippen LogP contribution in [0.2, 0.25) is 5.15 Å². The number of benzene rings is 1. The molecule has 1 aliphatic heterocycles. The lowest BCUT2D eigenvalue weighted by Gasteiger charge is -2.35. The zero-order valence-corrected chi connectivity index (χ0v) is 16.8.